The van der Waals surface area contributed by atoms with Gasteiger partial charge in [0.05, 0.1) is 0 Å². The summed E-state index contributed by atoms with van der Waals surface area (Å²) in [6, 6.07) is -0.122. The average Bonchev–Trinajstić information content (AvgIpc) is 2.10. The van der Waals surface area contributed by atoms with E-state index in [2.05, 4.69) is 14.7 Å². The molecule has 0 spiro atoms. The number of hydrogen-bond donors (Lipinski definition) is 1. The van der Waals surface area contributed by atoms with Crippen molar-refractivity contribution in [3.05, 3.63) is 5.82 Å². The maximum atomic E-state index is 10.6. The summed E-state index contributed by atoms with van der Waals surface area (Å²) in [4.78, 5) is 3.52. The number of nitrogen functional groups attached to an aromatic ring is 1. The van der Waals surface area contributed by atoms with Crippen molar-refractivity contribution in [2.75, 3.05) is 12.0 Å². The van der Waals surface area contributed by atoms with Gasteiger partial charge in [0.25, 0.3) is 0 Å². The van der Waals surface area contributed by atoms with Crippen LogP contribution in [0.4, 0.5) is 6.01 Å². The van der Waals surface area contributed by atoms with Crippen molar-refractivity contribution >= 4 is 15.9 Å². The zero-order valence-corrected chi connectivity index (χ0v) is 6.63. The molecule has 7 heteroatoms. The van der Waals surface area contributed by atoms with E-state index < -0.39 is 9.84 Å². The fourth-order valence-corrected chi connectivity index (χ4v) is 1.15. The highest BCUT2D eigenvalue weighted by Gasteiger charge is 2.09. The highest BCUT2D eigenvalue weighted by atomic mass is 32.2. The predicted molar refractivity (Wildman–Crippen MR) is 37.3 cm³/mol. The average molecular weight is 177 g/mol. The van der Waals surface area contributed by atoms with Crippen LogP contribution in [-0.4, -0.2) is 24.8 Å². The molecule has 1 aromatic heterocycles. The summed E-state index contributed by atoms with van der Waals surface area (Å²) in [6.45, 7) is 0. The molecule has 0 radical (unpaired) electrons. The van der Waals surface area contributed by atoms with Crippen LogP contribution < -0.4 is 5.73 Å². The van der Waals surface area contributed by atoms with E-state index in [1.807, 2.05) is 0 Å². The standard InChI is InChI=1S/C4H7N3O3S/c1-11(8,9)2-3-6-4(5)10-7-3/h2H2,1H3,(H2,5,6,7). The lowest BCUT2D eigenvalue weighted by Gasteiger charge is -1.87. The Morgan fingerprint density at radius 2 is 2.27 bits per heavy atom. The Bertz CT molecular complexity index is 341. The third-order valence-corrected chi connectivity index (χ3v) is 1.66. The van der Waals surface area contributed by atoms with Crippen LogP contribution in [0.1, 0.15) is 5.82 Å². The third kappa shape index (κ3) is 2.54. The van der Waals surface area contributed by atoms with Crippen LogP contribution in [-0.2, 0) is 15.6 Å². The molecular weight excluding hydrogens is 170 g/mol. The van der Waals surface area contributed by atoms with E-state index in [1.54, 1.807) is 0 Å². The van der Waals surface area contributed by atoms with Gasteiger partial charge in [-0.1, -0.05) is 5.16 Å². The summed E-state index contributed by atoms with van der Waals surface area (Å²) in [5.74, 6) is -0.154. The minimum Gasteiger partial charge on any atom is -0.351 e. The van der Waals surface area contributed by atoms with Crippen molar-refractivity contribution in [1.82, 2.24) is 10.1 Å². The van der Waals surface area contributed by atoms with Crippen LogP contribution >= 0.6 is 0 Å². The van der Waals surface area contributed by atoms with Crippen molar-refractivity contribution in [2.45, 2.75) is 5.75 Å². The molecule has 1 aromatic rings. The Hall–Kier alpha value is -1.11. The molecule has 62 valence electrons. The van der Waals surface area contributed by atoms with Crippen molar-refractivity contribution < 1.29 is 12.9 Å². The molecule has 0 amide bonds. The monoisotopic (exact) mass is 177 g/mol. The Morgan fingerprint density at radius 1 is 1.64 bits per heavy atom. The molecule has 0 saturated heterocycles. The molecule has 0 aliphatic heterocycles. The number of aromatic nitrogens is 2. The first-order chi connectivity index (χ1) is 4.97. The lowest BCUT2D eigenvalue weighted by molar-refractivity contribution is 0.429. The van der Waals surface area contributed by atoms with Crippen LogP contribution in [0.2, 0.25) is 0 Å². The van der Waals surface area contributed by atoms with Gasteiger partial charge in [-0.05, 0) is 0 Å². The van der Waals surface area contributed by atoms with Crippen LogP contribution in [0.15, 0.2) is 4.52 Å². The fraction of sp³-hybridized carbons (Fsp3) is 0.500. The molecule has 2 N–H and O–H groups in total. The van der Waals surface area contributed by atoms with Crippen LogP contribution in [0.5, 0.6) is 0 Å². The number of nitrogens with zero attached hydrogens (tertiary/aromatic N) is 2. The molecule has 0 aromatic carbocycles. The molecular formula is C4H7N3O3S. The summed E-state index contributed by atoms with van der Waals surface area (Å²) in [7, 11) is -3.10. The lowest BCUT2D eigenvalue weighted by atomic mass is 10.7. The van der Waals surface area contributed by atoms with Crippen LogP contribution in [0, 0.1) is 0 Å². The summed E-state index contributed by atoms with van der Waals surface area (Å²) in [5, 5.41) is 3.31. The minimum absolute atomic E-state index is 0.0880. The Labute approximate surface area is 63.3 Å². The Morgan fingerprint density at radius 3 is 2.64 bits per heavy atom. The van der Waals surface area contributed by atoms with E-state index in [4.69, 9.17) is 5.73 Å². The van der Waals surface area contributed by atoms with Gasteiger partial charge in [-0.3, -0.25) is 0 Å². The number of anilines is 1. The van der Waals surface area contributed by atoms with Crippen molar-refractivity contribution in [1.29, 1.82) is 0 Å². The van der Waals surface area contributed by atoms with E-state index in [1.165, 1.54) is 0 Å². The van der Waals surface area contributed by atoms with Gasteiger partial charge in [0.1, 0.15) is 5.75 Å². The van der Waals surface area contributed by atoms with Gasteiger partial charge < -0.3 is 10.3 Å². The maximum absolute atomic E-state index is 10.6. The van der Waals surface area contributed by atoms with Gasteiger partial charge in [0.2, 0.25) is 0 Å². The molecule has 0 fully saturated rings. The summed E-state index contributed by atoms with van der Waals surface area (Å²) in [5.41, 5.74) is 5.06. The smallest absolute Gasteiger partial charge is 0.318 e. The fourth-order valence-electron chi connectivity index (χ4n) is 0.561. The van der Waals surface area contributed by atoms with E-state index in [0.717, 1.165) is 6.26 Å². The predicted octanol–water partition coefficient (Wildman–Crippen LogP) is -0.804. The van der Waals surface area contributed by atoms with Gasteiger partial charge in [-0.25, -0.2) is 8.42 Å². The summed E-state index contributed by atoms with van der Waals surface area (Å²) >= 11 is 0. The number of rotatable bonds is 2. The second kappa shape index (κ2) is 2.50. The molecule has 0 saturated carbocycles. The molecule has 6 nitrogen and oxygen atoms in total. The molecule has 11 heavy (non-hydrogen) atoms. The summed E-state index contributed by atoms with van der Waals surface area (Å²) in [6.07, 6.45) is 1.08. The molecule has 0 aliphatic carbocycles. The van der Waals surface area contributed by atoms with Gasteiger partial charge in [-0.15, -0.1) is 0 Å². The second-order valence-corrected chi connectivity index (χ2v) is 4.26. The van der Waals surface area contributed by atoms with Crippen molar-refractivity contribution in [3.63, 3.8) is 0 Å². The Kier molecular flexibility index (Phi) is 1.81. The van der Waals surface area contributed by atoms with Crippen LogP contribution in [0.25, 0.3) is 0 Å². The quantitative estimate of drug-likeness (QED) is 0.634. The van der Waals surface area contributed by atoms with E-state index in [9.17, 15) is 8.42 Å². The van der Waals surface area contributed by atoms with Gasteiger partial charge in [0, 0.05) is 6.26 Å². The highest BCUT2D eigenvalue weighted by Crippen LogP contribution is 2.01. The molecule has 0 aliphatic rings. The SMILES string of the molecule is CS(=O)(=O)Cc1noc(N)n1. The first kappa shape index (κ1) is 7.99. The molecule has 1 rings (SSSR count). The molecule has 0 bridgehead atoms. The Balaban J connectivity index is 2.81. The van der Waals surface area contributed by atoms with Crippen molar-refractivity contribution in [2.24, 2.45) is 0 Å². The van der Waals surface area contributed by atoms with E-state index in [-0.39, 0.29) is 17.6 Å². The van der Waals surface area contributed by atoms with Crippen LogP contribution in [0.3, 0.4) is 0 Å². The lowest BCUT2D eigenvalue weighted by Crippen LogP contribution is -2.02. The van der Waals surface area contributed by atoms with Gasteiger partial charge >= 0.3 is 6.01 Å². The van der Waals surface area contributed by atoms with Gasteiger partial charge in [-0.2, -0.15) is 4.98 Å². The highest BCUT2D eigenvalue weighted by molar-refractivity contribution is 7.89. The third-order valence-electron chi connectivity index (χ3n) is 0.875. The molecule has 0 atom stereocenters. The number of sulfone groups is 1. The zero-order chi connectivity index (χ0) is 8.48. The number of nitrogens with two attached hydrogens (primary N) is 1. The number of hydrogen-bond acceptors (Lipinski definition) is 6. The largest absolute Gasteiger partial charge is 0.351 e. The first-order valence-corrected chi connectivity index (χ1v) is 4.79. The molecule has 0 unspecified atom stereocenters. The first-order valence-electron chi connectivity index (χ1n) is 2.73. The van der Waals surface area contributed by atoms with E-state index in [0.29, 0.717) is 0 Å². The topological polar surface area (TPSA) is 99.1 Å². The summed E-state index contributed by atoms with van der Waals surface area (Å²) < 4.78 is 25.7. The van der Waals surface area contributed by atoms with Crippen molar-refractivity contribution in [3.8, 4) is 0 Å². The molecule has 1 heterocycles. The maximum Gasteiger partial charge on any atom is 0.318 e. The van der Waals surface area contributed by atoms with E-state index >= 15 is 0 Å². The van der Waals surface area contributed by atoms with Gasteiger partial charge in [0.15, 0.2) is 15.7 Å². The second-order valence-electron chi connectivity index (χ2n) is 2.12. The minimum atomic E-state index is -3.10. The zero-order valence-electron chi connectivity index (χ0n) is 5.81. The normalized spacial score (nSPS) is 11.7.